The van der Waals surface area contributed by atoms with Gasteiger partial charge in [0.1, 0.15) is 12.6 Å². The van der Waals surface area contributed by atoms with E-state index in [2.05, 4.69) is 5.32 Å². The van der Waals surface area contributed by atoms with E-state index in [9.17, 15) is 28.3 Å². The van der Waals surface area contributed by atoms with Crippen molar-refractivity contribution in [3.63, 3.8) is 0 Å². The molecule has 1 aliphatic carbocycles. The van der Waals surface area contributed by atoms with E-state index in [1.165, 1.54) is 0 Å². The fraction of sp³-hybridized carbons (Fsp3) is 0.348. The molecule has 0 aromatic heterocycles. The number of carbonyl (C=O) groups is 3. The van der Waals surface area contributed by atoms with Gasteiger partial charge in [-0.1, -0.05) is 48.5 Å². The first kappa shape index (κ1) is 22.7. The number of β-amino-alcohol motifs (C(OH)–C–C–N with tert-alkyl or cyclic N) is 1. The van der Waals surface area contributed by atoms with E-state index in [4.69, 9.17) is 9.84 Å². The smallest absolute Gasteiger partial charge is 0.407 e. The van der Waals surface area contributed by atoms with E-state index in [0.29, 0.717) is 0 Å². The molecule has 0 radical (unpaired) electrons. The van der Waals surface area contributed by atoms with Crippen LogP contribution in [0.2, 0.25) is 0 Å². The van der Waals surface area contributed by atoms with Gasteiger partial charge in [-0.2, -0.15) is 0 Å². The molecule has 1 atom stereocenters. The summed E-state index contributed by atoms with van der Waals surface area (Å²) < 4.78 is 31.3. The van der Waals surface area contributed by atoms with Crippen LogP contribution in [0.4, 0.5) is 13.6 Å². The lowest BCUT2D eigenvalue weighted by Gasteiger charge is -2.44. The summed E-state index contributed by atoms with van der Waals surface area (Å²) in [5, 5.41) is 20.9. The highest BCUT2D eigenvalue weighted by Crippen LogP contribution is 2.44. The molecule has 2 amide bonds. The Labute approximate surface area is 187 Å². The number of aliphatic carboxylic acids is 1. The highest BCUT2D eigenvalue weighted by atomic mass is 19.3. The number of likely N-dealkylation sites (tertiary alicyclic amines) is 1. The number of halogens is 2. The van der Waals surface area contributed by atoms with Crippen molar-refractivity contribution in [2.75, 3.05) is 19.7 Å². The minimum absolute atomic E-state index is 0.0576. The Bertz CT molecular complexity index is 1040. The van der Waals surface area contributed by atoms with Gasteiger partial charge >= 0.3 is 12.1 Å². The van der Waals surface area contributed by atoms with Gasteiger partial charge < -0.3 is 25.2 Å². The van der Waals surface area contributed by atoms with E-state index in [-0.39, 0.29) is 12.5 Å². The molecule has 174 valence electrons. The molecule has 10 heteroatoms. The molecule has 8 nitrogen and oxygen atoms in total. The number of rotatable bonds is 7. The summed E-state index contributed by atoms with van der Waals surface area (Å²) in [5.41, 5.74) is 1.88. The molecule has 1 heterocycles. The highest BCUT2D eigenvalue weighted by molar-refractivity contribution is 5.89. The topological polar surface area (TPSA) is 116 Å². The van der Waals surface area contributed by atoms with Crippen molar-refractivity contribution in [1.82, 2.24) is 10.2 Å². The number of ether oxygens (including phenoxy) is 1. The Hall–Kier alpha value is -3.53. The molecule has 2 aromatic rings. The number of amides is 2. The van der Waals surface area contributed by atoms with Crippen LogP contribution in [0.25, 0.3) is 11.1 Å². The molecular formula is C23H22F2N2O6. The average Bonchev–Trinajstić information content (AvgIpc) is 3.08. The number of fused-ring (bicyclic) bond motifs is 3. The van der Waals surface area contributed by atoms with Gasteiger partial charge in [-0.05, 0) is 22.3 Å². The number of alkyl carbamates (subject to hydrolysis) is 1. The van der Waals surface area contributed by atoms with Crippen molar-refractivity contribution >= 4 is 18.0 Å². The fourth-order valence-electron chi connectivity index (χ4n) is 4.28. The molecule has 1 fully saturated rings. The number of nitrogens with zero attached hydrogens (tertiary/aromatic N) is 1. The van der Waals surface area contributed by atoms with E-state index < -0.39 is 55.5 Å². The Kier molecular flexibility index (Phi) is 6.03. The van der Waals surface area contributed by atoms with Crippen molar-refractivity contribution in [2.45, 2.75) is 30.4 Å². The van der Waals surface area contributed by atoms with Crippen molar-refractivity contribution < 1.29 is 38.1 Å². The summed E-state index contributed by atoms with van der Waals surface area (Å²) in [5.74, 6) is -2.66. The molecule has 2 aliphatic rings. The van der Waals surface area contributed by atoms with Gasteiger partial charge in [-0.15, -0.1) is 0 Å². The molecule has 1 saturated heterocycles. The first-order valence-corrected chi connectivity index (χ1v) is 10.3. The van der Waals surface area contributed by atoms with Crippen LogP contribution in [-0.2, 0) is 14.3 Å². The normalized spacial score (nSPS) is 17.0. The molecule has 33 heavy (non-hydrogen) atoms. The van der Waals surface area contributed by atoms with Gasteiger partial charge in [-0.25, -0.2) is 18.4 Å². The number of carboxylic acids is 1. The standard InChI is InChI=1S/C23H22F2N2O6/c24-19(25)9-18(20(28)27-11-23(32,12-27)21(29)30)26-22(31)33-10-17-15-7-3-1-5-13(15)14-6-2-4-8-16(14)17/h1-8,17-19,32H,9-12H2,(H,26,31)(H,29,30). The Balaban J connectivity index is 1.40. The molecule has 0 spiro atoms. The lowest BCUT2D eigenvalue weighted by Crippen LogP contribution is -2.69. The summed E-state index contributed by atoms with van der Waals surface area (Å²) in [6.07, 6.45) is -4.90. The molecule has 0 bridgehead atoms. The largest absolute Gasteiger partial charge is 0.479 e. The zero-order valence-electron chi connectivity index (χ0n) is 17.4. The third-order valence-corrected chi connectivity index (χ3v) is 5.96. The maximum absolute atomic E-state index is 13.0. The van der Waals surface area contributed by atoms with E-state index >= 15 is 0 Å². The van der Waals surface area contributed by atoms with Crippen LogP contribution < -0.4 is 5.32 Å². The van der Waals surface area contributed by atoms with Crippen molar-refractivity contribution in [2.24, 2.45) is 0 Å². The fourth-order valence-corrected chi connectivity index (χ4v) is 4.28. The minimum atomic E-state index is -2.90. The second-order valence-electron chi connectivity index (χ2n) is 8.18. The van der Waals surface area contributed by atoms with Crippen molar-refractivity contribution in [3.8, 4) is 11.1 Å². The first-order valence-electron chi connectivity index (χ1n) is 10.3. The lowest BCUT2D eigenvalue weighted by molar-refractivity contribution is -0.183. The number of hydrogen-bond acceptors (Lipinski definition) is 5. The van der Waals surface area contributed by atoms with E-state index in [0.717, 1.165) is 27.2 Å². The molecular weight excluding hydrogens is 438 g/mol. The van der Waals surface area contributed by atoms with Gasteiger partial charge in [0, 0.05) is 12.3 Å². The maximum Gasteiger partial charge on any atom is 0.407 e. The zero-order chi connectivity index (χ0) is 23.8. The lowest BCUT2D eigenvalue weighted by atomic mass is 9.93. The van der Waals surface area contributed by atoms with Gasteiger partial charge in [-0.3, -0.25) is 4.79 Å². The van der Waals surface area contributed by atoms with E-state index in [1.807, 2.05) is 48.5 Å². The van der Waals surface area contributed by atoms with Gasteiger partial charge in [0.05, 0.1) is 13.1 Å². The maximum atomic E-state index is 13.0. The second-order valence-corrected chi connectivity index (χ2v) is 8.18. The number of nitrogens with one attached hydrogen (secondary N) is 1. The van der Waals surface area contributed by atoms with Crippen LogP contribution in [0.3, 0.4) is 0 Å². The third kappa shape index (κ3) is 4.38. The number of aliphatic hydroxyl groups is 1. The molecule has 2 aromatic carbocycles. The predicted octanol–water partition coefficient (Wildman–Crippen LogP) is 2.21. The molecule has 1 aliphatic heterocycles. The number of alkyl halides is 2. The van der Waals surface area contributed by atoms with Crippen LogP contribution in [0, 0.1) is 0 Å². The quantitative estimate of drug-likeness (QED) is 0.584. The summed E-state index contributed by atoms with van der Waals surface area (Å²) in [6.45, 7) is -1.15. The van der Waals surface area contributed by atoms with Gasteiger partial charge in [0.25, 0.3) is 0 Å². The Morgan fingerprint density at radius 1 is 1.06 bits per heavy atom. The third-order valence-electron chi connectivity index (χ3n) is 5.96. The minimum Gasteiger partial charge on any atom is -0.479 e. The zero-order valence-corrected chi connectivity index (χ0v) is 17.4. The summed E-state index contributed by atoms with van der Waals surface area (Å²) in [7, 11) is 0. The van der Waals surface area contributed by atoms with Crippen LogP contribution in [0.15, 0.2) is 48.5 Å². The number of carbonyl (C=O) groups excluding carboxylic acids is 2. The average molecular weight is 460 g/mol. The molecule has 1 unspecified atom stereocenters. The highest BCUT2D eigenvalue weighted by Gasteiger charge is 2.51. The SMILES string of the molecule is O=C(NC(CC(F)F)C(=O)N1CC(O)(C(=O)O)C1)OCC1c2ccccc2-c2ccccc21. The van der Waals surface area contributed by atoms with Gasteiger partial charge in [0.15, 0.2) is 5.60 Å². The van der Waals surface area contributed by atoms with E-state index in [1.54, 1.807) is 0 Å². The van der Waals surface area contributed by atoms with Gasteiger partial charge in [0.2, 0.25) is 12.3 Å². The van der Waals surface area contributed by atoms with Crippen LogP contribution >= 0.6 is 0 Å². The molecule has 4 rings (SSSR count). The molecule has 0 saturated carbocycles. The van der Waals surface area contributed by atoms with Crippen molar-refractivity contribution in [3.05, 3.63) is 59.7 Å². The Morgan fingerprint density at radius 3 is 2.12 bits per heavy atom. The predicted molar refractivity (Wildman–Crippen MR) is 112 cm³/mol. The monoisotopic (exact) mass is 460 g/mol. The second kappa shape index (κ2) is 8.78. The number of benzene rings is 2. The first-order chi connectivity index (χ1) is 15.7. The Morgan fingerprint density at radius 2 is 1.61 bits per heavy atom. The van der Waals surface area contributed by atoms with Crippen molar-refractivity contribution in [1.29, 1.82) is 0 Å². The summed E-state index contributed by atoms with van der Waals surface area (Å²) in [6, 6.07) is 13.8. The van der Waals surface area contributed by atoms with Crippen LogP contribution in [0.5, 0.6) is 0 Å². The number of carboxylic acid groups (broad SMARTS) is 1. The molecule has 3 N–H and O–H groups in total. The van der Waals surface area contributed by atoms with Crippen LogP contribution in [-0.4, -0.2) is 70.8 Å². The summed E-state index contributed by atoms with van der Waals surface area (Å²) >= 11 is 0. The van der Waals surface area contributed by atoms with Crippen LogP contribution in [0.1, 0.15) is 23.5 Å². The summed E-state index contributed by atoms with van der Waals surface area (Å²) in [4.78, 5) is 36.8. The number of hydrogen-bond donors (Lipinski definition) is 3.